The molecule has 3 rings (SSSR count). The lowest BCUT2D eigenvalue weighted by molar-refractivity contribution is 0.102. The quantitative estimate of drug-likeness (QED) is 0.866. The SMILES string of the molecule is O=C(Nc1ccc2c(c1)CCCC2)c1ccc(Cl)cc1. The van der Waals surface area contributed by atoms with Gasteiger partial charge in [0.1, 0.15) is 0 Å². The molecule has 3 heteroatoms. The summed E-state index contributed by atoms with van der Waals surface area (Å²) in [6.45, 7) is 0. The third-order valence-corrected chi connectivity index (χ3v) is 3.96. The van der Waals surface area contributed by atoms with Crippen molar-refractivity contribution in [1.29, 1.82) is 0 Å². The predicted molar refractivity (Wildman–Crippen MR) is 82.5 cm³/mol. The molecule has 1 aliphatic rings. The summed E-state index contributed by atoms with van der Waals surface area (Å²) in [5.74, 6) is -0.0996. The molecule has 0 radical (unpaired) electrons. The molecule has 1 amide bonds. The van der Waals surface area contributed by atoms with Gasteiger partial charge in [-0.2, -0.15) is 0 Å². The second kappa shape index (κ2) is 5.68. The Balaban J connectivity index is 1.77. The summed E-state index contributed by atoms with van der Waals surface area (Å²) >= 11 is 5.82. The van der Waals surface area contributed by atoms with Crippen molar-refractivity contribution >= 4 is 23.2 Å². The molecule has 0 spiro atoms. The summed E-state index contributed by atoms with van der Waals surface area (Å²) in [6, 6.07) is 13.1. The minimum absolute atomic E-state index is 0.0996. The van der Waals surface area contributed by atoms with Crippen LogP contribution in [0, 0.1) is 0 Å². The summed E-state index contributed by atoms with van der Waals surface area (Å²) in [4.78, 5) is 12.1. The van der Waals surface area contributed by atoms with Crippen LogP contribution in [0.2, 0.25) is 5.02 Å². The smallest absolute Gasteiger partial charge is 0.255 e. The van der Waals surface area contributed by atoms with Crippen LogP contribution < -0.4 is 5.32 Å². The standard InChI is InChI=1S/C17H16ClNO/c18-15-8-5-13(6-9-15)17(20)19-16-10-7-12-3-1-2-4-14(12)11-16/h5-11H,1-4H2,(H,19,20). The van der Waals surface area contributed by atoms with Gasteiger partial charge in [0, 0.05) is 16.3 Å². The fourth-order valence-electron chi connectivity index (χ4n) is 2.62. The van der Waals surface area contributed by atoms with Crippen LogP contribution in [0.5, 0.6) is 0 Å². The van der Waals surface area contributed by atoms with E-state index in [0.717, 1.165) is 18.5 Å². The van der Waals surface area contributed by atoms with Gasteiger partial charge < -0.3 is 5.32 Å². The third-order valence-electron chi connectivity index (χ3n) is 3.71. The first kappa shape index (κ1) is 13.2. The van der Waals surface area contributed by atoms with Crippen LogP contribution in [0.25, 0.3) is 0 Å². The van der Waals surface area contributed by atoms with Crippen LogP contribution in [0.1, 0.15) is 34.3 Å². The number of halogens is 1. The van der Waals surface area contributed by atoms with Crippen LogP contribution in [0.15, 0.2) is 42.5 Å². The van der Waals surface area contributed by atoms with Crippen molar-refractivity contribution < 1.29 is 4.79 Å². The molecule has 0 saturated carbocycles. The zero-order valence-corrected chi connectivity index (χ0v) is 11.9. The minimum atomic E-state index is -0.0996. The number of carbonyl (C=O) groups excluding carboxylic acids is 1. The summed E-state index contributed by atoms with van der Waals surface area (Å²) in [5.41, 5.74) is 4.27. The molecular weight excluding hydrogens is 270 g/mol. The maximum Gasteiger partial charge on any atom is 0.255 e. The zero-order chi connectivity index (χ0) is 13.9. The van der Waals surface area contributed by atoms with E-state index in [1.807, 2.05) is 6.07 Å². The van der Waals surface area contributed by atoms with Crippen molar-refractivity contribution in [2.45, 2.75) is 25.7 Å². The molecule has 1 N–H and O–H groups in total. The molecule has 0 aliphatic heterocycles. The predicted octanol–water partition coefficient (Wildman–Crippen LogP) is 4.47. The van der Waals surface area contributed by atoms with E-state index in [2.05, 4.69) is 17.4 Å². The Morgan fingerprint density at radius 3 is 2.40 bits per heavy atom. The highest BCUT2D eigenvalue weighted by molar-refractivity contribution is 6.30. The molecule has 0 bridgehead atoms. The average Bonchev–Trinajstić information content (AvgIpc) is 2.48. The molecule has 0 fully saturated rings. The molecule has 0 heterocycles. The van der Waals surface area contributed by atoms with Gasteiger partial charge in [-0.1, -0.05) is 17.7 Å². The van der Waals surface area contributed by atoms with E-state index < -0.39 is 0 Å². The number of amides is 1. The Morgan fingerprint density at radius 2 is 1.65 bits per heavy atom. The Kier molecular flexibility index (Phi) is 3.75. The molecule has 2 aromatic carbocycles. The number of carbonyl (C=O) groups is 1. The van der Waals surface area contributed by atoms with E-state index in [-0.39, 0.29) is 5.91 Å². The van der Waals surface area contributed by atoms with Crippen molar-refractivity contribution in [3.8, 4) is 0 Å². The second-order valence-electron chi connectivity index (χ2n) is 5.15. The Morgan fingerprint density at radius 1 is 0.950 bits per heavy atom. The van der Waals surface area contributed by atoms with Crippen LogP contribution in [0.3, 0.4) is 0 Å². The molecule has 2 aromatic rings. The molecule has 0 atom stereocenters. The average molecular weight is 286 g/mol. The number of anilines is 1. The van der Waals surface area contributed by atoms with E-state index in [1.165, 1.54) is 24.0 Å². The Bertz CT molecular complexity index is 634. The number of hydrogen-bond donors (Lipinski definition) is 1. The van der Waals surface area contributed by atoms with Crippen LogP contribution in [0.4, 0.5) is 5.69 Å². The van der Waals surface area contributed by atoms with E-state index in [9.17, 15) is 4.79 Å². The van der Waals surface area contributed by atoms with E-state index in [0.29, 0.717) is 10.6 Å². The first-order valence-corrected chi connectivity index (χ1v) is 7.29. The second-order valence-corrected chi connectivity index (χ2v) is 5.59. The summed E-state index contributed by atoms with van der Waals surface area (Å²) in [6.07, 6.45) is 4.77. The minimum Gasteiger partial charge on any atom is -0.322 e. The van der Waals surface area contributed by atoms with Gasteiger partial charge in [-0.3, -0.25) is 4.79 Å². The van der Waals surface area contributed by atoms with E-state index in [1.54, 1.807) is 24.3 Å². The number of rotatable bonds is 2. The zero-order valence-electron chi connectivity index (χ0n) is 11.2. The van der Waals surface area contributed by atoms with Gasteiger partial charge in [-0.15, -0.1) is 0 Å². The molecular formula is C17H16ClNO. The maximum atomic E-state index is 12.1. The number of hydrogen-bond acceptors (Lipinski definition) is 1. The van der Waals surface area contributed by atoms with Gasteiger partial charge in [0.15, 0.2) is 0 Å². The lowest BCUT2D eigenvalue weighted by Gasteiger charge is -2.16. The number of benzene rings is 2. The van der Waals surface area contributed by atoms with Crippen molar-refractivity contribution in [1.82, 2.24) is 0 Å². The van der Waals surface area contributed by atoms with E-state index >= 15 is 0 Å². The highest BCUT2D eigenvalue weighted by Gasteiger charge is 2.11. The van der Waals surface area contributed by atoms with Crippen LogP contribution in [-0.4, -0.2) is 5.91 Å². The van der Waals surface area contributed by atoms with Gasteiger partial charge in [-0.25, -0.2) is 0 Å². The summed E-state index contributed by atoms with van der Waals surface area (Å²) in [7, 11) is 0. The van der Waals surface area contributed by atoms with Crippen molar-refractivity contribution in [3.05, 3.63) is 64.2 Å². The molecule has 1 aliphatic carbocycles. The fraction of sp³-hybridized carbons (Fsp3) is 0.235. The first-order chi connectivity index (χ1) is 9.72. The van der Waals surface area contributed by atoms with Gasteiger partial charge >= 0.3 is 0 Å². The molecule has 0 unspecified atom stereocenters. The van der Waals surface area contributed by atoms with Crippen LogP contribution >= 0.6 is 11.6 Å². The number of fused-ring (bicyclic) bond motifs is 1. The van der Waals surface area contributed by atoms with Crippen molar-refractivity contribution in [3.63, 3.8) is 0 Å². The topological polar surface area (TPSA) is 29.1 Å². The lowest BCUT2D eigenvalue weighted by atomic mass is 9.91. The molecule has 102 valence electrons. The summed E-state index contributed by atoms with van der Waals surface area (Å²) < 4.78 is 0. The van der Waals surface area contributed by atoms with Gasteiger partial charge in [-0.05, 0) is 73.2 Å². The Hall–Kier alpha value is -1.80. The van der Waals surface area contributed by atoms with Gasteiger partial charge in [0.05, 0.1) is 0 Å². The normalized spacial score (nSPS) is 13.7. The highest BCUT2D eigenvalue weighted by atomic mass is 35.5. The Labute approximate surface area is 123 Å². The third kappa shape index (κ3) is 2.86. The highest BCUT2D eigenvalue weighted by Crippen LogP contribution is 2.24. The van der Waals surface area contributed by atoms with E-state index in [4.69, 9.17) is 11.6 Å². The monoisotopic (exact) mass is 285 g/mol. The summed E-state index contributed by atoms with van der Waals surface area (Å²) in [5, 5.41) is 3.58. The van der Waals surface area contributed by atoms with Crippen molar-refractivity contribution in [2.75, 3.05) is 5.32 Å². The molecule has 0 saturated heterocycles. The lowest BCUT2D eigenvalue weighted by Crippen LogP contribution is -2.12. The number of nitrogens with one attached hydrogen (secondary N) is 1. The fourth-order valence-corrected chi connectivity index (χ4v) is 2.74. The van der Waals surface area contributed by atoms with Gasteiger partial charge in [0.2, 0.25) is 0 Å². The molecule has 20 heavy (non-hydrogen) atoms. The van der Waals surface area contributed by atoms with Gasteiger partial charge in [0.25, 0.3) is 5.91 Å². The van der Waals surface area contributed by atoms with Crippen LogP contribution in [-0.2, 0) is 12.8 Å². The maximum absolute atomic E-state index is 12.1. The first-order valence-electron chi connectivity index (χ1n) is 6.91. The largest absolute Gasteiger partial charge is 0.322 e. The molecule has 2 nitrogen and oxygen atoms in total. The molecule has 0 aromatic heterocycles. The van der Waals surface area contributed by atoms with Crippen molar-refractivity contribution in [2.24, 2.45) is 0 Å². The number of aryl methyl sites for hydroxylation is 2.